The lowest BCUT2D eigenvalue weighted by Gasteiger charge is -2.36. The van der Waals surface area contributed by atoms with E-state index in [0.717, 1.165) is 41.4 Å². The van der Waals surface area contributed by atoms with E-state index in [1.54, 1.807) is 0 Å². The first-order valence-electron chi connectivity index (χ1n) is 12.8. The number of pyridine rings is 1. The Morgan fingerprint density at radius 3 is 2.77 bits per heavy atom. The van der Waals surface area contributed by atoms with Gasteiger partial charge in [-0.1, -0.05) is 29.6 Å². The third kappa shape index (κ3) is 7.15. The van der Waals surface area contributed by atoms with Crippen LogP contribution in [-0.4, -0.2) is 59.5 Å². The number of rotatable bonds is 11. The quantitative estimate of drug-likeness (QED) is 0.211. The van der Waals surface area contributed by atoms with Gasteiger partial charge in [-0.15, -0.1) is 0 Å². The molecule has 3 aromatic rings. The van der Waals surface area contributed by atoms with E-state index in [9.17, 15) is 18.0 Å². The first kappa shape index (κ1) is 29.4. The summed E-state index contributed by atoms with van der Waals surface area (Å²) in [5.41, 5.74) is 13.5. The number of anilines is 1. The van der Waals surface area contributed by atoms with Gasteiger partial charge in [0.05, 0.1) is 17.1 Å². The average Bonchev–Trinajstić information content (AvgIpc) is 3.25. The highest BCUT2D eigenvalue weighted by Gasteiger charge is 2.35. The number of hydrogen-bond acceptors (Lipinski definition) is 6. The van der Waals surface area contributed by atoms with Gasteiger partial charge in [0, 0.05) is 47.8 Å². The number of aromatic nitrogens is 2. The summed E-state index contributed by atoms with van der Waals surface area (Å²) in [5, 5.41) is 7.18. The molecule has 0 saturated heterocycles. The van der Waals surface area contributed by atoms with Gasteiger partial charge in [-0.2, -0.15) is 13.2 Å². The number of unbranched alkanes of at least 4 members (excludes halogenated alkanes) is 1. The van der Waals surface area contributed by atoms with Crippen LogP contribution in [0.1, 0.15) is 42.3 Å². The molecule has 0 bridgehead atoms. The lowest BCUT2D eigenvalue weighted by Crippen LogP contribution is -2.47. The standard InChI is InChI=1S/C26H32Cl2F3N7O/c27-15-4-6-20-17(13-15)16-8-11-38(12-10-34-22-7-5-18(28)24(37-22)26(29,30)31)21(23(16)36-20)14-35-25(39)19(33)3-1-2-9-32/h4-7,13,19,21,36H,1-3,8-12,14,32-33H2,(H,34,37)(H,35,39)/t19-,21?/m0/s1. The fourth-order valence-corrected chi connectivity index (χ4v) is 5.31. The molecule has 1 aliphatic heterocycles. The maximum Gasteiger partial charge on any atom is 0.434 e. The smallest absolute Gasteiger partial charge is 0.369 e. The molecule has 2 atom stereocenters. The van der Waals surface area contributed by atoms with Crippen LogP contribution in [-0.2, 0) is 17.4 Å². The lowest BCUT2D eigenvalue weighted by atomic mass is 9.97. The van der Waals surface area contributed by atoms with Crippen molar-refractivity contribution in [3.8, 4) is 0 Å². The molecule has 1 amide bonds. The zero-order valence-corrected chi connectivity index (χ0v) is 22.8. The maximum absolute atomic E-state index is 13.2. The van der Waals surface area contributed by atoms with Gasteiger partial charge >= 0.3 is 6.18 Å². The highest BCUT2D eigenvalue weighted by Crippen LogP contribution is 2.36. The third-order valence-electron chi connectivity index (χ3n) is 6.92. The van der Waals surface area contributed by atoms with E-state index in [-0.39, 0.29) is 17.8 Å². The number of alkyl halides is 3. The molecule has 0 spiro atoms. The Morgan fingerprint density at radius 2 is 2.03 bits per heavy atom. The minimum absolute atomic E-state index is 0.0815. The molecular weight excluding hydrogens is 554 g/mol. The van der Waals surface area contributed by atoms with Crippen LogP contribution in [0.25, 0.3) is 10.9 Å². The summed E-state index contributed by atoms with van der Waals surface area (Å²) in [5.74, 6) is -0.153. The SMILES string of the molecule is NCCCC[C@H](N)C(=O)NCC1c2[nH]c3ccc(Cl)cc3c2CCN1CCNc1ccc(Cl)c(C(F)(F)F)n1. The molecule has 39 heavy (non-hydrogen) atoms. The topological polar surface area (TPSA) is 125 Å². The Kier molecular flexibility index (Phi) is 9.60. The van der Waals surface area contributed by atoms with Crippen molar-refractivity contribution >= 4 is 45.8 Å². The van der Waals surface area contributed by atoms with Gasteiger partial charge < -0.3 is 27.1 Å². The molecule has 4 rings (SSSR count). The van der Waals surface area contributed by atoms with Crippen molar-refractivity contribution in [1.82, 2.24) is 20.2 Å². The highest BCUT2D eigenvalue weighted by atomic mass is 35.5. The molecule has 7 N–H and O–H groups in total. The Labute approximate surface area is 234 Å². The first-order chi connectivity index (χ1) is 18.6. The zero-order chi connectivity index (χ0) is 28.2. The number of amides is 1. The van der Waals surface area contributed by atoms with Crippen molar-refractivity contribution in [2.75, 3.05) is 38.0 Å². The normalized spacial score (nSPS) is 16.7. The van der Waals surface area contributed by atoms with Gasteiger partial charge in [0.2, 0.25) is 5.91 Å². The molecular formula is C26H32Cl2F3N7O. The molecule has 8 nitrogen and oxygen atoms in total. The van der Waals surface area contributed by atoms with Gasteiger partial charge in [0.1, 0.15) is 5.82 Å². The molecule has 1 unspecified atom stereocenters. The molecule has 1 aromatic carbocycles. The van der Waals surface area contributed by atoms with Crippen LogP contribution in [0, 0.1) is 0 Å². The van der Waals surface area contributed by atoms with E-state index in [4.69, 9.17) is 34.7 Å². The molecule has 0 saturated carbocycles. The monoisotopic (exact) mass is 585 g/mol. The molecule has 3 heterocycles. The van der Waals surface area contributed by atoms with E-state index in [1.807, 2.05) is 18.2 Å². The Bertz CT molecular complexity index is 1300. The van der Waals surface area contributed by atoms with Crippen LogP contribution in [0.5, 0.6) is 0 Å². The van der Waals surface area contributed by atoms with Gasteiger partial charge in [-0.05, 0) is 61.7 Å². The molecule has 1 aliphatic rings. The number of H-pyrrole nitrogens is 1. The van der Waals surface area contributed by atoms with Crippen molar-refractivity contribution < 1.29 is 18.0 Å². The van der Waals surface area contributed by atoms with E-state index in [1.165, 1.54) is 12.1 Å². The average molecular weight is 586 g/mol. The summed E-state index contributed by atoms with van der Waals surface area (Å²) in [7, 11) is 0. The first-order valence-corrected chi connectivity index (χ1v) is 13.6. The summed E-state index contributed by atoms with van der Waals surface area (Å²) in [4.78, 5) is 22.0. The number of hydrogen-bond donors (Lipinski definition) is 5. The third-order valence-corrected chi connectivity index (χ3v) is 7.46. The van der Waals surface area contributed by atoms with E-state index in [0.29, 0.717) is 44.2 Å². The van der Waals surface area contributed by atoms with Crippen molar-refractivity contribution in [3.05, 3.63) is 57.3 Å². The predicted molar refractivity (Wildman–Crippen MR) is 148 cm³/mol. The molecule has 212 valence electrons. The minimum atomic E-state index is -4.65. The van der Waals surface area contributed by atoms with E-state index in [2.05, 4.69) is 25.5 Å². The van der Waals surface area contributed by atoms with Crippen LogP contribution in [0.2, 0.25) is 10.0 Å². The Morgan fingerprint density at radius 1 is 1.23 bits per heavy atom. The maximum atomic E-state index is 13.2. The fourth-order valence-electron chi connectivity index (χ4n) is 4.92. The number of halogens is 5. The second-order valence-corrected chi connectivity index (χ2v) is 10.4. The summed E-state index contributed by atoms with van der Waals surface area (Å²) < 4.78 is 39.6. The zero-order valence-electron chi connectivity index (χ0n) is 21.3. The van der Waals surface area contributed by atoms with Crippen molar-refractivity contribution in [3.63, 3.8) is 0 Å². The summed E-state index contributed by atoms with van der Waals surface area (Å²) >= 11 is 11.9. The van der Waals surface area contributed by atoms with Crippen LogP contribution >= 0.6 is 23.2 Å². The highest BCUT2D eigenvalue weighted by molar-refractivity contribution is 6.31. The number of benzene rings is 1. The van der Waals surface area contributed by atoms with Gasteiger partial charge in [0.25, 0.3) is 0 Å². The van der Waals surface area contributed by atoms with Crippen LogP contribution in [0.4, 0.5) is 19.0 Å². The lowest BCUT2D eigenvalue weighted by molar-refractivity contribution is -0.141. The molecule has 13 heteroatoms. The number of aromatic amines is 1. The fraction of sp³-hybridized carbons (Fsp3) is 0.462. The molecule has 0 fully saturated rings. The van der Waals surface area contributed by atoms with Crippen LogP contribution < -0.4 is 22.1 Å². The van der Waals surface area contributed by atoms with E-state index < -0.39 is 22.9 Å². The van der Waals surface area contributed by atoms with E-state index >= 15 is 0 Å². The van der Waals surface area contributed by atoms with Gasteiger partial charge in [-0.3, -0.25) is 9.69 Å². The van der Waals surface area contributed by atoms with Crippen LogP contribution in [0.15, 0.2) is 30.3 Å². The largest absolute Gasteiger partial charge is 0.434 e. The summed E-state index contributed by atoms with van der Waals surface area (Å²) in [6.45, 7) is 2.36. The summed E-state index contributed by atoms with van der Waals surface area (Å²) in [6.07, 6.45) is -1.78. The number of nitrogens with one attached hydrogen (secondary N) is 3. The number of carbonyl (C=O) groups is 1. The van der Waals surface area contributed by atoms with Crippen LogP contribution in [0.3, 0.4) is 0 Å². The Hall–Kier alpha value is -2.57. The molecule has 2 aromatic heterocycles. The second-order valence-electron chi connectivity index (χ2n) is 9.60. The number of fused-ring (bicyclic) bond motifs is 3. The Balaban J connectivity index is 1.49. The predicted octanol–water partition coefficient (Wildman–Crippen LogP) is 4.47. The van der Waals surface area contributed by atoms with Crippen molar-refractivity contribution in [2.45, 2.75) is 43.9 Å². The number of carbonyl (C=O) groups excluding carboxylic acids is 1. The minimum Gasteiger partial charge on any atom is -0.369 e. The van der Waals surface area contributed by atoms with Gasteiger partial charge in [-0.25, -0.2) is 4.98 Å². The summed E-state index contributed by atoms with van der Waals surface area (Å²) in [6, 6.07) is 7.43. The van der Waals surface area contributed by atoms with Crippen molar-refractivity contribution in [1.29, 1.82) is 0 Å². The number of nitrogens with zero attached hydrogens (tertiary/aromatic N) is 2. The number of nitrogens with two attached hydrogens (primary N) is 2. The van der Waals surface area contributed by atoms with Crippen molar-refractivity contribution in [2.24, 2.45) is 11.5 Å². The molecule has 0 radical (unpaired) electrons. The second kappa shape index (κ2) is 12.7. The molecule has 0 aliphatic carbocycles. The van der Waals surface area contributed by atoms with Gasteiger partial charge in [0.15, 0.2) is 5.69 Å².